The SMILES string of the molecule is CN1CCN(CC2CC2)Cc2cccc([N+](=O)[O-])c21. The summed E-state index contributed by atoms with van der Waals surface area (Å²) in [5, 5.41) is 11.2. The van der Waals surface area contributed by atoms with Crippen molar-refractivity contribution in [1.29, 1.82) is 0 Å². The van der Waals surface area contributed by atoms with Crippen LogP contribution < -0.4 is 4.90 Å². The standard InChI is InChI=1S/C14H19N3O2/c1-15-7-8-16(9-11-5-6-11)10-12-3-2-4-13(14(12)15)17(18)19/h2-4,11H,5-10H2,1H3. The van der Waals surface area contributed by atoms with Crippen molar-refractivity contribution in [2.45, 2.75) is 19.4 Å². The molecule has 1 fully saturated rings. The Morgan fingerprint density at radius 1 is 1.37 bits per heavy atom. The van der Waals surface area contributed by atoms with E-state index in [4.69, 9.17) is 0 Å². The molecule has 0 atom stereocenters. The van der Waals surface area contributed by atoms with Gasteiger partial charge in [-0.25, -0.2) is 0 Å². The first-order chi connectivity index (χ1) is 9.15. The largest absolute Gasteiger partial charge is 0.368 e. The van der Waals surface area contributed by atoms with Crippen LogP contribution in [0.3, 0.4) is 0 Å². The van der Waals surface area contributed by atoms with Crippen molar-refractivity contribution in [3.05, 3.63) is 33.9 Å². The first-order valence-corrected chi connectivity index (χ1v) is 6.85. The summed E-state index contributed by atoms with van der Waals surface area (Å²) in [7, 11) is 1.95. The zero-order valence-electron chi connectivity index (χ0n) is 11.2. The molecule has 5 heteroatoms. The highest BCUT2D eigenvalue weighted by Crippen LogP contribution is 2.35. The van der Waals surface area contributed by atoms with Gasteiger partial charge in [-0.1, -0.05) is 12.1 Å². The van der Waals surface area contributed by atoms with Crippen LogP contribution in [0, 0.1) is 16.0 Å². The molecule has 1 aromatic rings. The van der Waals surface area contributed by atoms with Gasteiger partial charge in [0.15, 0.2) is 0 Å². The van der Waals surface area contributed by atoms with E-state index in [-0.39, 0.29) is 10.6 Å². The number of nitro benzene ring substituents is 1. The average molecular weight is 261 g/mol. The fourth-order valence-corrected chi connectivity index (χ4v) is 2.84. The molecule has 0 saturated heterocycles. The Morgan fingerprint density at radius 3 is 2.84 bits per heavy atom. The van der Waals surface area contributed by atoms with Crippen molar-refractivity contribution in [2.75, 3.05) is 31.6 Å². The van der Waals surface area contributed by atoms with Crippen LogP contribution in [0.2, 0.25) is 0 Å². The van der Waals surface area contributed by atoms with Gasteiger partial charge in [0.05, 0.1) is 4.92 Å². The normalized spacial score (nSPS) is 19.9. The second-order valence-electron chi connectivity index (χ2n) is 5.64. The van der Waals surface area contributed by atoms with E-state index in [1.807, 2.05) is 18.0 Å². The van der Waals surface area contributed by atoms with Gasteiger partial charge < -0.3 is 4.90 Å². The van der Waals surface area contributed by atoms with Gasteiger partial charge in [0.25, 0.3) is 5.69 Å². The summed E-state index contributed by atoms with van der Waals surface area (Å²) in [6.45, 7) is 3.80. The van der Waals surface area contributed by atoms with Gasteiger partial charge in [-0.05, 0) is 24.3 Å². The fraction of sp³-hybridized carbons (Fsp3) is 0.571. The summed E-state index contributed by atoms with van der Waals surface area (Å²) in [6, 6.07) is 5.42. The summed E-state index contributed by atoms with van der Waals surface area (Å²) in [5.74, 6) is 0.852. The van der Waals surface area contributed by atoms with Crippen LogP contribution in [0.15, 0.2) is 18.2 Å². The number of hydrogen-bond acceptors (Lipinski definition) is 4. The van der Waals surface area contributed by atoms with Gasteiger partial charge in [0, 0.05) is 39.3 Å². The first kappa shape index (κ1) is 12.4. The number of benzene rings is 1. The summed E-state index contributed by atoms with van der Waals surface area (Å²) >= 11 is 0. The number of likely N-dealkylation sites (N-methyl/N-ethyl adjacent to an activating group) is 1. The van der Waals surface area contributed by atoms with Crippen molar-refractivity contribution in [2.24, 2.45) is 5.92 Å². The van der Waals surface area contributed by atoms with Gasteiger partial charge >= 0.3 is 0 Å². The Morgan fingerprint density at radius 2 is 2.16 bits per heavy atom. The van der Waals surface area contributed by atoms with E-state index in [1.54, 1.807) is 12.1 Å². The number of fused-ring (bicyclic) bond motifs is 1. The van der Waals surface area contributed by atoms with Crippen molar-refractivity contribution >= 4 is 11.4 Å². The summed E-state index contributed by atoms with van der Waals surface area (Å²) in [5.41, 5.74) is 2.11. The Bertz CT molecular complexity index is 499. The molecule has 0 radical (unpaired) electrons. The molecule has 0 amide bonds. The summed E-state index contributed by atoms with van der Waals surface area (Å²) < 4.78 is 0. The van der Waals surface area contributed by atoms with E-state index in [9.17, 15) is 10.1 Å². The van der Waals surface area contributed by atoms with Crippen LogP contribution in [-0.2, 0) is 6.54 Å². The molecule has 1 heterocycles. The Hall–Kier alpha value is -1.62. The number of hydrogen-bond donors (Lipinski definition) is 0. The maximum Gasteiger partial charge on any atom is 0.292 e. The Balaban J connectivity index is 1.91. The van der Waals surface area contributed by atoms with Crippen LogP contribution >= 0.6 is 0 Å². The van der Waals surface area contributed by atoms with Crippen LogP contribution in [0.5, 0.6) is 0 Å². The van der Waals surface area contributed by atoms with E-state index in [0.29, 0.717) is 0 Å². The molecule has 102 valence electrons. The number of rotatable bonds is 3. The maximum absolute atomic E-state index is 11.2. The summed E-state index contributed by atoms with van der Waals surface area (Å²) in [4.78, 5) is 15.4. The van der Waals surface area contributed by atoms with Crippen molar-refractivity contribution < 1.29 is 4.92 Å². The predicted molar refractivity (Wildman–Crippen MR) is 74.4 cm³/mol. The zero-order valence-corrected chi connectivity index (χ0v) is 11.2. The second kappa shape index (κ2) is 4.81. The molecule has 1 aromatic carbocycles. The molecule has 0 spiro atoms. The van der Waals surface area contributed by atoms with Gasteiger partial charge in [0.1, 0.15) is 5.69 Å². The minimum Gasteiger partial charge on any atom is -0.368 e. The van der Waals surface area contributed by atoms with Crippen molar-refractivity contribution in [3.8, 4) is 0 Å². The molecule has 2 aliphatic rings. The Labute approximate surface area is 113 Å². The van der Waals surface area contributed by atoms with E-state index in [2.05, 4.69) is 4.90 Å². The molecule has 1 aliphatic carbocycles. The lowest BCUT2D eigenvalue weighted by molar-refractivity contribution is -0.384. The van der Waals surface area contributed by atoms with Crippen molar-refractivity contribution in [3.63, 3.8) is 0 Å². The highest BCUT2D eigenvalue weighted by atomic mass is 16.6. The molecule has 0 aromatic heterocycles. The molecule has 1 saturated carbocycles. The van der Waals surface area contributed by atoms with Crippen LogP contribution in [0.1, 0.15) is 18.4 Å². The highest BCUT2D eigenvalue weighted by molar-refractivity contribution is 5.68. The van der Waals surface area contributed by atoms with E-state index >= 15 is 0 Å². The quantitative estimate of drug-likeness (QED) is 0.618. The average Bonchev–Trinajstić information content (AvgIpc) is 3.19. The lowest BCUT2D eigenvalue weighted by Crippen LogP contribution is -2.30. The maximum atomic E-state index is 11.2. The van der Waals surface area contributed by atoms with Gasteiger partial charge in [0.2, 0.25) is 0 Å². The minimum absolute atomic E-state index is 0.230. The van der Waals surface area contributed by atoms with Crippen LogP contribution in [-0.4, -0.2) is 36.5 Å². The molecule has 3 rings (SSSR count). The van der Waals surface area contributed by atoms with Gasteiger partial charge in [-0.3, -0.25) is 15.0 Å². The fourth-order valence-electron chi connectivity index (χ4n) is 2.84. The van der Waals surface area contributed by atoms with Crippen molar-refractivity contribution in [1.82, 2.24) is 4.90 Å². The second-order valence-corrected chi connectivity index (χ2v) is 5.64. The van der Waals surface area contributed by atoms with Crippen LogP contribution in [0.25, 0.3) is 0 Å². The topological polar surface area (TPSA) is 49.6 Å². The monoisotopic (exact) mass is 261 g/mol. The molecule has 19 heavy (non-hydrogen) atoms. The lowest BCUT2D eigenvalue weighted by Gasteiger charge is -2.20. The zero-order chi connectivity index (χ0) is 13.4. The summed E-state index contributed by atoms with van der Waals surface area (Å²) in [6.07, 6.45) is 2.68. The number of anilines is 1. The predicted octanol–water partition coefficient (Wildman–Crippen LogP) is 2.26. The third-order valence-corrected chi connectivity index (χ3v) is 4.04. The first-order valence-electron chi connectivity index (χ1n) is 6.85. The smallest absolute Gasteiger partial charge is 0.292 e. The molecular weight excluding hydrogens is 242 g/mol. The molecule has 0 bridgehead atoms. The van der Waals surface area contributed by atoms with Gasteiger partial charge in [-0.15, -0.1) is 0 Å². The lowest BCUT2D eigenvalue weighted by atomic mass is 10.1. The molecule has 1 aliphatic heterocycles. The third kappa shape index (κ3) is 2.56. The number of nitrogens with zero attached hydrogens (tertiary/aromatic N) is 3. The molecule has 5 nitrogen and oxygen atoms in total. The Kier molecular flexibility index (Phi) is 3.14. The van der Waals surface area contributed by atoms with E-state index < -0.39 is 0 Å². The van der Waals surface area contributed by atoms with E-state index in [1.165, 1.54) is 12.8 Å². The molecule has 0 unspecified atom stereocenters. The molecule has 0 N–H and O–H groups in total. The van der Waals surface area contributed by atoms with Gasteiger partial charge in [-0.2, -0.15) is 0 Å². The van der Waals surface area contributed by atoms with E-state index in [0.717, 1.165) is 43.3 Å². The minimum atomic E-state index is -0.272. The number of nitro groups is 1. The molecular formula is C14H19N3O2. The van der Waals surface area contributed by atoms with Crippen LogP contribution in [0.4, 0.5) is 11.4 Å². The highest BCUT2D eigenvalue weighted by Gasteiger charge is 2.29. The third-order valence-electron chi connectivity index (χ3n) is 4.04. The number of para-hydroxylation sites is 1.